The number of hydrazine groups is 1. The number of aryl methyl sites for hydroxylation is 1. The van der Waals surface area contributed by atoms with Crippen LogP contribution < -0.4 is 10.9 Å². The normalized spacial score (nSPS) is 10.7. The summed E-state index contributed by atoms with van der Waals surface area (Å²) in [6.45, 7) is 2.79. The summed E-state index contributed by atoms with van der Waals surface area (Å²) < 4.78 is 2.05. The lowest BCUT2D eigenvalue weighted by Crippen LogP contribution is -2.42. The number of amides is 2. The van der Waals surface area contributed by atoms with Gasteiger partial charge in [-0.3, -0.25) is 20.4 Å². The zero-order chi connectivity index (χ0) is 18.5. The summed E-state index contributed by atoms with van der Waals surface area (Å²) in [6.07, 6.45) is 0. The molecule has 0 bridgehead atoms. The highest BCUT2D eigenvalue weighted by molar-refractivity contribution is 7.99. The maximum Gasteiger partial charge on any atom is 0.269 e. The number of hydrogen-bond donors (Lipinski definition) is 2. The number of thioether (sulfide) groups is 1. The van der Waals surface area contributed by atoms with Gasteiger partial charge in [-0.15, -0.1) is 0 Å². The van der Waals surface area contributed by atoms with Crippen molar-refractivity contribution in [3.8, 4) is 0 Å². The number of hydrogen-bond acceptors (Lipinski definition) is 4. The van der Waals surface area contributed by atoms with Crippen molar-refractivity contribution in [1.82, 2.24) is 20.4 Å². The van der Waals surface area contributed by atoms with Gasteiger partial charge in [-0.25, -0.2) is 4.98 Å². The molecule has 0 atom stereocenters. The van der Waals surface area contributed by atoms with E-state index in [0.29, 0.717) is 10.6 Å². The summed E-state index contributed by atoms with van der Waals surface area (Å²) in [7, 11) is 0. The van der Waals surface area contributed by atoms with Gasteiger partial charge in [0, 0.05) is 17.1 Å². The van der Waals surface area contributed by atoms with Crippen LogP contribution in [0, 0.1) is 0 Å². The van der Waals surface area contributed by atoms with E-state index in [1.54, 1.807) is 18.2 Å². The molecule has 0 saturated carbocycles. The number of fused-ring (bicyclic) bond motifs is 1. The van der Waals surface area contributed by atoms with Crippen LogP contribution >= 0.6 is 23.4 Å². The quantitative estimate of drug-likeness (QED) is 0.519. The van der Waals surface area contributed by atoms with E-state index in [2.05, 4.69) is 20.4 Å². The Kier molecular flexibility index (Phi) is 5.80. The van der Waals surface area contributed by atoms with E-state index >= 15 is 0 Å². The third kappa shape index (κ3) is 4.17. The van der Waals surface area contributed by atoms with Crippen molar-refractivity contribution in [2.75, 3.05) is 5.75 Å². The molecule has 0 radical (unpaired) electrons. The van der Waals surface area contributed by atoms with Gasteiger partial charge in [0.2, 0.25) is 5.91 Å². The molecule has 0 aliphatic rings. The molecule has 0 spiro atoms. The smallest absolute Gasteiger partial charge is 0.269 e. The minimum atomic E-state index is -0.424. The van der Waals surface area contributed by atoms with Crippen LogP contribution in [0.3, 0.4) is 0 Å². The highest BCUT2D eigenvalue weighted by atomic mass is 35.5. The first-order valence-electron chi connectivity index (χ1n) is 8.01. The molecule has 2 N–H and O–H groups in total. The summed E-state index contributed by atoms with van der Waals surface area (Å²) in [6, 6.07) is 14.3. The van der Waals surface area contributed by atoms with Crippen LogP contribution in [0.1, 0.15) is 17.3 Å². The second-order valence-corrected chi connectivity index (χ2v) is 6.81. The second-order valence-electron chi connectivity index (χ2n) is 5.43. The number of carbonyl (C=O) groups excluding carboxylic acids is 2. The van der Waals surface area contributed by atoms with E-state index < -0.39 is 5.91 Å². The Morgan fingerprint density at radius 2 is 1.96 bits per heavy atom. The van der Waals surface area contributed by atoms with Gasteiger partial charge in [0.1, 0.15) is 0 Å². The van der Waals surface area contributed by atoms with Crippen LogP contribution in [0.4, 0.5) is 0 Å². The number of nitrogens with zero attached hydrogens (tertiary/aromatic N) is 2. The molecule has 0 aliphatic heterocycles. The van der Waals surface area contributed by atoms with Gasteiger partial charge < -0.3 is 4.57 Å². The maximum absolute atomic E-state index is 12.0. The molecule has 6 nitrogen and oxygen atoms in total. The Labute approximate surface area is 159 Å². The average molecular weight is 389 g/mol. The highest BCUT2D eigenvalue weighted by Gasteiger charge is 2.12. The number of rotatable bonds is 5. The number of imidazole rings is 1. The Bertz CT molecular complexity index is 957. The Balaban J connectivity index is 1.57. The fraction of sp³-hybridized carbons (Fsp3) is 0.167. The number of nitrogens with one attached hydrogen (secondary N) is 2. The van der Waals surface area contributed by atoms with Crippen molar-refractivity contribution >= 4 is 46.2 Å². The van der Waals surface area contributed by atoms with E-state index in [-0.39, 0.29) is 11.7 Å². The molecule has 3 aromatic rings. The fourth-order valence-electron chi connectivity index (χ4n) is 2.46. The molecule has 2 amide bonds. The van der Waals surface area contributed by atoms with Crippen LogP contribution in [0.2, 0.25) is 5.02 Å². The third-order valence-corrected chi connectivity index (χ3v) is 4.88. The van der Waals surface area contributed by atoms with Gasteiger partial charge in [-0.1, -0.05) is 41.6 Å². The van der Waals surface area contributed by atoms with Crippen molar-refractivity contribution in [3.63, 3.8) is 0 Å². The van der Waals surface area contributed by atoms with Crippen LogP contribution in [-0.4, -0.2) is 27.1 Å². The van der Waals surface area contributed by atoms with E-state index in [9.17, 15) is 9.59 Å². The zero-order valence-electron chi connectivity index (χ0n) is 14.0. The first-order chi connectivity index (χ1) is 12.6. The van der Waals surface area contributed by atoms with Gasteiger partial charge in [0.05, 0.1) is 16.8 Å². The number of carbonyl (C=O) groups is 2. The molecule has 2 aromatic carbocycles. The lowest BCUT2D eigenvalue weighted by molar-refractivity contribution is -0.119. The predicted octanol–water partition coefficient (Wildman–Crippen LogP) is 3.26. The maximum atomic E-state index is 12.0. The SMILES string of the molecule is CCn1c(SCC(=O)NNC(=O)c2cccc(Cl)c2)nc2ccccc21. The minimum absolute atomic E-state index is 0.138. The molecule has 1 heterocycles. The molecule has 134 valence electrons. The Morgan fingerprint density at radius 1 is 1.15 bits per heavy atom. The van der Waals surface area contributed by atoms with Gasteiger partial charge in [-0.2, -0.15) is 0 Å². The zero-order valence-corrected chi connectivity index (χ0v) is 15.6. The highest BCUT2D eigenvalue weighted by Crippen LogP contribution is 2.23. The van der Waals surface area contributed by atoms with Crippen LogP contribution in [-0.2, 0) is 11.3 Å². The molecule has 1 aromatic heterocycles. The summed E-state index contributed by atoms with van der Waals surface area (Å²) >= 11 is 7.17. The lowest BCUT2D eigenvalue weighted by atomic mass is 10.2. The van der Waals surface area contributed by atoms with Crippen molar-refractivity contribution in [1.29, 1.82) is 0 Å². The van der Waals surface area contributed by atoms with Crippen LogP contribution in [0.5, 0.6) is 0 Å². The Hall–Kier alpha value is -2.51. The fourth-order valence-corrected chi connectivity index (χ4v) is 3.53. The van der Waals surface area contributed by atoms with Gasteiger partial charge in [0.25, 0.3) is 5.91 Å². The summed E-state index contributed by atoms with van der Waals surface area (Å²) in [5, 5.41) is 1.23. The molecule has 0 unspecified atom stereocenters. The molecule has 8 heteroatoms. The second kappa shape index (κ2) is 8.25. The van der Waals surface area contributed by atoms with Crippen molar-refractivity contribution in [2.24, 2.45) is 0 Å². The number of aromatic nitrogens is 2. The molecule has 0 fully saturated rings. The monoisotopic (exact) mass is 388 g/mol. The summed E-state index contributed by atoms with van der Waals surface area (Å²) in [4.78, 5) is 28.6. The van der Waals surface area contributed by atoms with E-state index in [1.807, 2.05) is 31.2 Å². The first kappa shape index (κ1) is 18.3. The summed E-state index contributed by atoms with van der Waals surface area (Å²) in [5.41, 5.74) is 7.08. The lowest BCUT2D eigenvalue weighted by Gasteiger charge is -2.08. The van der Waals surface area contributed by atoms with E-state index in [1.165, 1.54) is 17.8 Å². The molecule has 0 aliphatic carbocycles. The van der Waals surface area contributed by atoms with Crippen LogP contribution in [0.25, 0.3) is 11.0 Å². The number of halogens is 1. The van der Waals surface area contributed by atoms with E-state index in [4.69, 9.17) is 11.6 Å². The standard InChI is InChI=1S/C18H17ClN4O2S/c1-2-23-15-9-4-3-8-14(15)20-18(23)26-11-16(24)21-22-17(25)12-6-5-7-13(19)10-12/h3-10H,2,11H2,1H3,(H,21,24)(H,22,25). The first-order valence-corrected chi connectivity index (χ1v) is 9.37. The molecular weight excluding hydrogens is 372 g/mol. The minimum Gasteiger partial charge on any atom is -0.319 e. The van der Waals surface area contributed by atoms with Gasteiger partial charge in [0.15, 0.2) is 5.16 Å². The number of benzene rings is 2. The Morgan fingerprint density at radius 3 is 2.73 bits per heavy atom. The van der Waals surface area contributed by atoms with Gasteiger partial charge >= 0.3 is 0 Å². The topological polar surface area (TPSA) is 76.0 Å². The number of para-hydroxylation sites is 2. The van der Waals surface area contributed by atoms with Crippen molar-refractivity contribution < 1.29 is 9.59 Å². The van der Waals surface area contributed by atoms with Crippen molar-refractivity contribution in [2.45, 2.75) is 18.6 Å². The molecular formula is C18H17ClN4O2S. The third-order valence-electron chi connectivity index (χ3n) is 3.67. The largest absolute Gasteiger partial charge is 0.319 e. The molecule has 0 saturated heterocycles. The van der Waals surface area contributed by atoms with E-state index in [0.717, 1.165) is 22.7 Å². The van der Waals surface area contributed by atoms with Gasteiger partial charge in [-0.05, 0) is 37.3 Å². The average Bonchev–Trinajstić information content (AvgIpc) is 3.01. The molecule has 26 heavy (non-hydrogen) atoms. The summed E-state index contributed by atoms with van der Waals surface area (Å²) in [5.74, 6) is -0.606. The van der Waals surface area contributed by atoms with Crippen LogP contribution in [0.15, 0.2) is 53.7 Å². The van der Waals surface area contributed by atoms with Crippen molar-refractivity contribution in [3.05, 3.63) is 59.1 Å². The molecule has 3 rings (SSSR count). The predicted molar refractivity (Wildman–Crippen MR) is 103 cm³/mol.